The molecule has 1 aromatic carbocycles. The number of aromatic nitrogens is 4. The van der Waals surface area contributed by atoms with Crippen molar-refractivity contribution < 1.29 is 14.2 Å². The summed E-state index contributed by atoms with van der Waals surface area (Å²) < 4.78 is 6.00. The molecule has 8 nitrogen and oxygen atoms in total. The molecule has 0 bridgehead atoms. The predicted octanol–water partition coefficient (Wildman–Crippen LogP) is 4.93. The topological polar surface area (TPSA) is 101 Å². The van der Waals surface area contributed by atoms with E-state index in [1.807, 2.05) is 20.2 Å². The van der Waals surface area contributed by atoms with Crippen molar-refractivity contribution in [2.24, 2.45) is 0 Å². The van der Waals surface area contributed by atoms with Gasteiger partial charge in [0.05, 0.1) is 0 Å². The van der Waals surface area contributed by atoms with E-state index in [0.29, 0.717) is 29.4 Å². The Kier molecular flexibility index (Phi) is 5.65. The lowest BCUT2D eigenvalue weighted by Crippen LogP contribution is -2.34. The fourth-order valence-corrected chi connectivity index (χ4v) is 5.07. The average molecular weight is 488 g/mol. The lowest BCUT2D eigenvalue weighted by atomic mass is 9.62. The largest absolute Gasteiger partial charge is 0.456 e. The monoisotopic (exact) mass is 487 g/mol. The Labute approximate surface area is 211 Å². The normalized spacial score (nSPS) is 16.1. The number of fused-ring (bicyclic) bond motifs is 2. The molecule has 0 spiro atoms. The second-order valence-corrected chi connectivity index (χ2v) is 11.4. The molecule has 3 N–H and O–H groups in total. The van der Waals surface area contributed by atoms with Crippen LogP contribution in [0.25, 0.3) is 11.2 Å². The van der Waals surface area contributed by atoms with Gasteiger partial charge in [0.15, 0.2) is 17.9 Å². The first-order valence-corrected chi connectivity index (χ1v) is 12.4. The number of aromatic amines is 2. The third kappa shape index (κ3) is 4.25. The molecule has 4 aromatic rings. The van der Waals surface area contributed by atoms with E-state index in [9.17, 15) is 4.79 Å². The highest BCUT2D eigenvalue weighted by Crippen LogP contribution is 2.46. The molecule has 0 saturated carbocycles. The molecular formula is C28H35N6O2+. The SMILES string of the molecule is Cc1cc2c(cc1Cc1ccc(C(=O)Nc3nc(N(C)C)nc4[nH+]c[nH]c34)o1)C(C)(C)CCC2(C)C. The van der Waals surface area contributed by atoms with Gasteiger partial charge in [0, 0.05) is 20.5 Å². The zero-order chi connectivity index (χ0) is 25.8. The van der Waals surface area contributed by atoms with E-state index >= 15 is 0 Å². The van der Waals surface area contributed by atoms with Crippen LogP contribution >= 0.6 is 0 Å². The third-order valence-electron chi connectivity index (χ3n) is 7.51. The van der Waals surface area contributed by atoms with Crippen molar-refractivity contribution in [1.29, 1.82) is 0 Å². The molecule has 0 unspecified atom stereocenters. The van der Waals surface area contributed by atoms with Gasteiger partial charge >= 0.3 is 11.6 Å². The molecule has 0 radical (unpaired) electrons. The molecule has 0 fully saturated rings. The number of furan rings is 1. The summed E-state index contributed by atoms with van der Waals surface area (Å²) >= 11 is 0. The second-order valence-electron chi connectivity index (χ2n) is 11.4. The summed E-state index contributed by atoms with van der Waals surface area (Å²) in [4.78, 5) is 29.8. The van der Waals surface area contributed by atoms with E-state index in [2.05, 4.69) is 72.0 Å². The van der Waals surface area contributed by atoms with Crippen LogP contribution in [0.3, 0.4) is 0 Å². The van der Waals surface area contributed by atoms with Gasteiger partial charge in [-0.1, -0.05) is 44.8 Å². The summed E-state index contributed by atoms with van der Waals surface area (Å²) in [5.74, 6) is 1.53. The standard InChI is InChI=1S/C28H34N6O2/c1-16-12-19-20(28(4,5)11-10-27(19,2)3)14-17(16)13-18-8-9-21(36-18)25(35)31-24-22-23(30-15-29-22)32-26(33-24)34(6)7/h8-9,12,14-15H,10-11,13H2,1-7H3,(H2,29,30,31,32,33,35)/p+1. The number of hydrogen-bond acceptors (Lipinski definition) is 5. The Hall–Kier alpha value is -3.68. The fourth-order valence-electron chi connectivity index (χ4n) is 5.07. The van der Waals surface area contributed by atoms with Gasteiger partial charge in [-0.25, -0.2) is 4.98 Å². The molecule has 1 aliphatic rings. The highest BCUT2D eigenvalue weighted by atomic mass is 16.3. The highest BCUT2D eigenvalue weighted by molar-refractivity contribution is 6.05. The summed E-state index contributed by atoms with van der Waals surface area (Å²) in [5.41, 5.74) is 6.92. The molecule has 1 aliphatic carbocycles. The van der Waals surface area contributed by atoms with E-state index < -0.39 is 0 Å². The van der Waals surface area contributed by atoms with Crippen LogP contribution in [0.4, 0.5) is 11.8 Å². The van der Waals surface area contributed by atoms with Crippen molar-refractivity contribution in [1.82, 2.24) is 15.0 Å². The van der Waals surface area contributed by atoms with E-state index in [-0.39, 0.29) is 22.5 Å². The van der Waals surface area contributed by atoms with Gasteiger partial charge in [-0.3, -0.25) is 9.78 Å². The lowest BCUT2D eigenvalue weighted by Gasteiger charge is -2.42. The number of nitrogens with zero attached hydrogens (tertiary/aromatic N) is 3. The zero-order valence-corrected chi connectivity index (χ0v) is 22.2. The number of carbonyl (C=O) groups is 1. The summed E-state index contributed by atoms with van der Waals surface area (Å²) in [7, 11) is 3.70. The molecule has 0 atom stereocenters. The van der Waals surface area contributed by atoms with Gasteiger partial charge in [0.2, 0.25) is 5.52 Å². The minimum atomic E-state index is -0.356. The van der Waals surface area contributed by atoms with Crippen molar-refractivity contribution in [2.45, 2.75) is 64.7 Å². The Bertz CT molecular complexity index is 1460. The average Bonchev–Trinajstić information content (AvgIpc) is 3.47. The van der Waals surface area contributed by atoms with Crippen molar-refractivity contribution in [2.75, 3.05) is 24.3 Å². The number of carbonyl (C=O) groups excluding carboxylic acids is 1. The number of nitrogens with one attached hydrogen (secondary N) is 3. The van der Waals surface area contributed by atoms with Gasteiger partial charge < -0.3 is 14.6 Å². The maximum atomic E-state index is 13.0. The first-order valence-electron chi connectivity index (χ1n) is 12.4. The minimum Gasteiger partial charge on any atom is -0.456 e. The van der Waals surface area contributed by atoms with Crippen LogP contribution in [0.5, 0.6) is 0 Å². The van der Waals surface area contributed by atoms with Crippen molar-refractivity contribution in [3.8, 4) is 0 Å². The van der Waals surface area contributed by atoms with Gasteiger partial charge in [0.1, 0.15) is 5.76 Å². The van der Waals surface area contributed by atoms with Gasteiger partial charge in [-0.15, -0.1) is 0 Å². The number of anilines is 2. The Morgan fingerprint density at radius 2 is 1.81 bits per heavy atom. The summed E-state index contributed by atoms with van der Waals surface area (Å²) in [6.45, 7) is 11.5. The van der Waals surface area contributed by atoms with Crippen LogP contribution in [0.15, 0.2) is 35.0 Å². The molecule has 8 heteroatoms. The Morgan fingerprint density at radius 3 is 2.50 bits per heavy atom. The van der Waals surface area contributed by atoms with E-state index in [0.717, 1.165) is 5.76 Å². The number of benzene rings is 1. The number of rotatable bonds is 5. The van der Waals surface area contributed by atoms with Crippen LogP contribution in [0.1, 0.15) is 79.1 Å². The number of amides is 1. The van der Waals surface area contributed by atoms with Crippen molar-refractivity contribution in [3.05, 3.63) is 64.4 Å². The Morgan fingerprint density at radius 1 is 1.11 bits per heavy atom. The number of aryl methyl sites for hydroxylation is 1. The molecule has 1 amide bonds. The minimum absolute atomic E-state index is 0.144. The maximum Gasteiger partial charge on any atom is 0.307 e. The van der Waals surface area contributed by atoms with Gasteiger partial charge in [-0.05, 0) is 65.0 Å². The van der Waals surface area contributed by atoms with Crippen LogP contribution < -0.4 is 15.2 Å². The maximum absolute atomic E-state index is 13.0. The summed E-state index contributed by atoms with van der Waals surface area (Å²) in [5, 5.41) is 2.87. The lowest BCUT2D eigenvalue weighted by molar-refractivity contribution is -0.347. The van der Waals surface area contributed by atoms with Crippen molar-refractivity contribution >= 4 is 28.8 Å². The van der Waals surface area contributed by atoms with E-state index in [4.69, 9.17) is 4.42 Å². The first kappa shape index (κ1) is 24.0. The highest BCUT2D eigenvalue weighted by Gasteiger charge is 2.37. The molecule has 5 rings (SSSR count). The molecule has 0 saturated heterocycles. The van der Waals surface area contributed by atoms with Crippen molar-refractivity contribution in [3.63, 3.8) is 0 Å². The van der Waals surface area contributed by atoms with Crippen LogP contribution in [0, 0.1) is 6.92 Å². The smallest absolute Gasteiger partial charge is 0.307 e. The zero-order valence-electron chi connectivity index (χ0n) is 22.2. The third-order valence-corrected chi connectivity index (χ3v) is 7.51. The second kappa shape index (κ2) is 8.47. The number of H-pyrrole nitrogens is 2. The first-order chi connectivity index (χ1) is 16.9. The van der Waals surface area contributed by atoms with E-state index in [1.54, 1.807) is 17.3 Å². The number of hydrogen-bond donors (Lipinski definition) is 2. The van der Waals surface area contributed by atoms with E-state index in [1.165, 1.54) is 35.1 Å². The molecular weight excluding hydrogens is 452 g/mol. The Balaban J connectivity index is 1.40. The van der Waals surface area contributed by atoms with Gasteiger partial charge in [-0.2, -0.15) is 4.98 Å². The molecule has 3 aromatic heterocycles. The molecule has 36 heavy (non-hydrogen) atoms. The fraction of sp³-hybridized carbons (Fsp3) is 0.429. The summed E-state index contributed by atoms with van der Waals surface area (Å²) in [6.07, 6.45) is 4.66. The molecule has 188 valence electrons. The predicted molar refractivity (Wildman–Crippen MR) is 141 cm³/mol. The molecule has 3 heterocycles. The summed E-state index contributed by atoms with van der Waals surface area (Å²) in [6, 6.07) is 8.32. The quantitative estimate of drug-likeness (QED) is 0.416. The van der Waals surface area contributed by atoms with Crippen LogP contribution in [0.2, 0.25) is 0 Å². The van der Waals surface area contributed by atoms with Gasteiger partial charge in [0.25, 0.3) is 5.91 Å². The van der Waals surface area contributed by atoms with Crippen LogP contribution in [-0.4, -0.2) is 35.0 Å². The molecule has 0 aliphatic heterocycles. The number of imidazole rings is 1. The van der Waals surface area contributed by atoms with Crippen LogP contribution in [-0.2, 0) is 17.3 Å².